The molecule has 1 atom stereocenters. The summed E-state index contributed by atoms with van der Waals surface area (Å²) in [6.07, 6.45) is 0.753. The maximum Gasteiger partial charge on any atom is 0.293 e. The number of piperazine rings is 1. The Morgan fingerprint density at radius 3 is 2.36 bits per heavy atom. The monoisotopic (exact) mass is 879 g/mol. The molecule has 2 aliphatic heterocycles. The van der Waals surface area contributed by atoms with E-state index in [0.29, 0.717) is 30.3 Å². The molecule has 0 aliphatic carbocycles. The number of rotatable bonds is 16. The van der Waals surface area contributed by atoms with Gasteiger partial charge in [-0.15, -0.1) is 11.8 Å². The van der Waals surface area contributed by atoms with Gasteiger partial charge in [0, 0.05) is 98.3 Å². The molecule has 2 aliphatic rings. The summed E-state index contributed by atoms with van der Waals surface area (Å²) < 4.78 is 35.1. The van der Waals surface area contributed by atoms with E-state index in [1.807, 2.05) is 61.6 Å². The first-order chi connectivity index (χ1) is 29.6. The Kier molecular flexibility index (Phi) is 13.6. The van der Waals surface area contributed by atoms with Gasteiger partial charge in [-0.2, -0.15) is 5.10 Å². The molecule has 5 aromatic carbocycles. The van der Waals surface area contributed by atoms with Crippen LogP contribution in [0.2, 0.25) is 5.02 Å². The number of ether oxygens (including phenoxy) is 1. The second kappa shape index (κ2) is 19.4. The van der Waals surface area contributed by atoms with Gasteiger partial charge in [-0.25, -0.2) is 8.42 Å². The maximum atomic E-state index is 14.0. The highest BCUT2D eigenvalue weighted by Gasteiger charge is 2.27. The van der Waals surface area contributed by atoms with E-state index in [0.717, 1.165) is 90.9 Å². The van der Waals surface area contributed by atoms with Crippen molar-refractivity contribution in [2.75, 3.05) is 75.0 Å². The average molecular weight is 881 g/mol. The Balaban J connectivity index is 0.935. The number of nitro benzene ring substituents is 1. The Hall–Kier alpha value is -4.96. The third kappa shape index (κ3) is 10.6. The zero-order valence-electron chi connectivity index (χ0n) is 34.2. The van der Waals surface area contributed by atoms with Crippen LogP contribution in [0.5, 0.6) is 0 Å². The Bertz CT molecular complexity index is 2560. The first kappa shape index (κ1) is 42.7. The van der Waals surface area contributed by atoms with E-state index in [-0.39, 0.29) is 22.4 Å². The van der Waals surface area contributed by atoms with Gasteiger partial charge >= 0.3 is 0 Å². The van der Waals surface area contributed by atoms with Crippen molar-refractivity contribution < 1.29 is 18.1 Å². The molecule has 8 rings (SSSR count). The van der Waals surface area contributed by atoms with Crippen LogP contribution < -0.4 is 10.2 Å². The van der Waals surface area contributed by atoms with Crippen molar-refractivity contribution in [3.63, 3.8) is 0 Å². The molecule has 3 heterocycles. The normalized spacial score (nSPS) is 15.9. The molecule has 318 valence electrons. The fourth-order valence-corrected chi connectivity index (χ4v) is 10.6. The topological polar surface area (TPSA) is 126 Å². The van der Waals surface area contributed by atoms with Gasteiger partial charge in [-0.05, 0) is 77.7 Å². The van der Waals surface area contributed by atoms with Crippen molar-refractivity contribution in [2.45, 2.75) is 34.6 Å². The van der Waals surface area contributed by atoms with Crippen LogP contribution in [0, 0.1) is 10.1 Å². The largest absolute Gasteiger partial charge is 0.379 e. The van der Waals surface area contributed by atoms with Crippen molar-refractivity contribution in [3.8, 4) is 11.1 Å². The minimum absolute atomic E-state index is 0.105. The van der Waals surface area contributed by atoms with E-state index in [4.69, 9.17) is 16.3 Å². The summed E-state index contributed by atoms with van der Waals surface area (Å²) in [5.74, 6) is 0.288. The molecular formula is C46H50ClN7O5S2. The van der Waals surface area contributed by atoms with Gasteiger partial charge in [0.25, 0.3) is 5.69 Å². The first-order valence-corrected chi connectivity index (χ1v) is 23.6. The third-order valence-corrected chi connectivity index (χ3v) is 14.6. The fraction of sp³-hybridized carbons (Fsp3) is 0.326. The van der Waals surface area contributed by atoms with Crippen molar-refractivity contribution in [2.24, 2.45) is 7.05 Å². The highest BCUT2D eigenvalue weighted by atomic mass is 35.5. The Morgan fingerprint density at radius 2 is 1.61 bits per heavy atom. The lowest BCUT2D eigenvalue weighted by molar-refractivity contribution is -0.384. The molecule has 1 aromatic heterocycles. The van der Waals surface area contributed by atoms with Gasteiger partial charge in [0.1, 0.15) is 5.69 Å². The number of nitrogens with one attached hydrogen (secondary N) is 1. The van der Waals surface area contributed by atoms with Crippen molar-refractivity contribution in [1.82, 2.24) is 19.6 Å². The fourth-order valence-electron chi connectivity index (χ4n) is 8.13. The molecule has 0 bridgehead atoms. The zero-order valence-corrected chi connectivity index (χ0v) is 36.5. The van der Waals surface area contributed by atoms with Crippen LogP contribution in [-0.4, -0.2) is 104 Å². The summed E-state index contributed by atoms with van der Waals surface area (Å²) in [5, 5.41) is 22.0. The van der Waals surface area contributed by atoms with Crippen LogP contribution in [0.25, 0.3) is 22.0 Å². The number of aryl methyl sites for hydroxylation is 1. The molecular weight excluding hydrogens is 830 g/mol. The van der Waals surface area contributed by atoms with E-state index >= 15 is 0 Å². The van der Waals surface area contributed by atoms with Gasteiger partial charge < -0.3 is 15.0 Å². The van der Waals surface area contributed by atoms with Gasteiger partial charge in [-0.3, -0.25) is 24.6 Å². The standard InChI is InChI=1S/C46H50ClN7O5S2/c1-50-45-29-38(53-23-21-52(22-24-53)31-35-7-5-6-10-41(35)34-11-13-36(47)14-12-34)15-17-42(45)44(49-50)33-61(57,58)40-16-18-43(46(30-40)54(55)56)48-37(19-20-51-25-27-59-28-26-51)32-60-39-8-3-2-4-9-39/h2-18,29-30,37,48H,19-28,31-33H2,1H3/t37-/m1/s1. The molecule has 6 aromatic rings. The number of halogens is 1. The van der Waals surface area contributed by atoms with Gasteiger partial charge in [0.2, 0.25) is 0 Å². The molecule has 0 unspecified atom stereocenters. The van der Waals surface area contributed by atoms with E-state index in [1.165, 1.54) is 29.3 Å². The Labute approximate surface area is 366 Å². The smallest absolute Gasteiger partial charge is 0.293 e. The van der Waals surface area contributed by atoms with E-state index < -0.39 is 14.8 Å². The number of sulfone groups is 1. The Morgan fingerprint density at radius 1 is 0.869 bits per heavy atom. The lowest BCUT2D eigenvalue weighted by Crippen LogP contribution is -2.46. The summed E-state index contributed by atoms with van der Waals surface area (Å²) in [7, 11) is -2.19. The van der Waals surface area contributed by atoms with Crippen LogP contribution in [-0.2, 0) is 33.9 Å². The molecule has 0 spiro atoms. The number of thioether (sulfide) groups is 1. The number of hydrogen-bond acceptors (Lipinski definition) is 11. The predicted octanol–water partition coefficient (Wildman–Crippen LogP) is 8.39. The van der Waals surface area contributed by atoms with E-state index in [2.05, 4.69) is 67.6 Å². The van der Waals surface area contributed by atoms with Gasteiger partial charge in [-0.1, -0.05) is 66.2 Å². The predicted molar refractivity (Wildman–Crippen MR) is 246 cm³/mol. The molecule has 0 saturated carbocycles. The first-order valence-electron chi connectivity index (χ1n) is 20.6. The molecule has 0 amide bonds. The quantitative estimate of drug-likeness (QED) is 0.0573. The molecule has 12 nitrogen and oxygen atoms in total. The maximum absolute atomic E-state index is 14.0. The van der Waals surface area contributed by atoms with Crippen LogP contribution in [0.1, 0.15) is 17.7 Å². The number of nitrogens with zero attached hydrogens (tertiary/aromatic N) is 6. The summed E-state index contributed by atoms with van der Waals surface area (Å²) in [6, 6.07) is 36.6. The van der Waals surface area contributed by atoms with Crippen LogP contribution >= 0.6 is 23.4 Å². The second-order valence-corrected chi connectivity index (χ2v) is 19.1. The number of fused-ring (bicyclic) bond motifs is 1. The molecule has 0 radical (unpaired) electrons. The van der Waals surface area contributed by atoms with Gasteiger partial charge in [0.05, 0.1) is 40.0 Å². The van der Waals surface area contributed by atoms with Crippen LogP contribution in [0.15, 0.2) is 125 Å². The number of aromatic nitrogens is 2. The zero-order chi connectivity index (χ0) is 42.3. The average Bonchev–Trinajstić information content (AvgIpc) is 3.58. The summed E-state index contributed by atoms with van der Waals surface area (Å²) in [5.41, 5.74) is 5.93. The summed E-state index contributed by atoms with van der Waals surface area (Å²) in [6.45, 7) is 8.21. The van der Waals surface area contributed by atoms with Crippen molar-refractivity contribution in [3.05, 3.63) is 142 Å². The molecule has 1 N–H and O–H groups in total. The number of morpholine rings is 1. The lowest BCUT2D eigenvalue weighted by atomic mass is 9.99. The second-order valence-electron chi connectivity index (χ2n) is 15.6. The number of anilines is 2. The summed E-state index contributed by atoms with van der Waals surface area (Å²) >= 11 is 7.84. The van der Waals surface area contributed by atoms with Crippen LogP contribution in [0.3, 0.4) is 0 Å². The van der Waals surface area contributed by atoms with Gasteiger partial charge in [0.15, 0.2) is 9.84 Å². The summed E-state index contributed by atoms with van der Waals surface area (Å²) in [4.78, 5) is 20.1. The highest BCUT2D eigenvalue weighted by Crippen LogP contribution is 2.33. The number of hydrogen-bond donors (Lipinski definition) is 1. The number of benzene rings is 5. The molecule has 2 fully saturated rings. The minimum atomic E-state index is -4.00. The number of nitro groups is 1. The van der Waals surface area contributed by atoms with E-state index in [1.54, 1.807) is 16.4 Å². The lowest BCUT2D eigenvalue weighted by Gasteiger charge is -2.36. The minimum Gasteiger partial charge on any atom is -0.379 e. The van der Waals surface area contributed by atoms with E-state index in [9.17, 15) is 18.5 Å². The molecule has 2 saturated heterocycles. The van der Waals surface area contributed by atoms with Crippen LogP contribution in [0.4, 0.5) is 17.1 Å². The SMILES string of the molecule is Cn1nc(CS(=O)(=O)c2ccc(N[C@H](CCN3CCOCC3)CSc3ccccc3)c([N+](=O)[O-])c2)c2ccc(N3CCN(Cc4ccccc4-c4ccc(Cl)cc4)CC3)cc21. The highest BCUT2D eigenvalue weighted by molar-refractivity contribution is 7.99. The molecule has 61 heavy (non-hydrogen) atoms. The third-order valence-electron chi connectivity index (χ3n) is 11.5. The molecule has 15 heteroatoms. The van der Waals surface area contributed by atoms with Crippen molar-refractivity contribution in [1.29, 1.82) is 0 Å². The van der Waals surface area contributed by atoms with Crippen molar-refractivity contribution >= 4 is 61.2 Å².